The maximum atomic E-state index is 13.0. The number of carbonyl (C=O) groups is 2. The highest BCUT2D eigenvalue weighted by Gasteiger charge is 2.44. The zero-order valence-electron chi connectivity index (χ0n) is 59.1. The average Bonchev–Trinajstić information content (AvgIpc) is 1.59. The summed E-state index contributed by atoms with van der Waals surface area (Å²) in [5.74, 6) is -0.169. The van der Waals surface area contributed by atoms with Crippen molar-refractivity contribution < 1.29 is 49.3 Å². The van der Waals surface area contributed by atoms with E-state index in [0.717, 1.165) is 57.8 Å². The van der Waals surface area contributed by atoms with Crippen LogP contribution in [-0.4, -0.2) is 100 Å². The second-order valence-electron chi connectivity index (χ2n) is 27.4. The van der Waals surface area contributed by atoms with Gasteiger partial charge in [-0.05, 0) is 83.5 Å². The van der Waals surface area contributed by atoms with Crippen molar-refractivity contribution >= 4 is 11.9 Å². The standard InChI is InChI=1S/C79H149NO10/c1-3-5-7-9-11-13-14-15-44-47-51-55-59-63-67-75(84)88-68-64-60-56-52-48-45-42-40-38-36-34-32-30-28-26-24-22-20-18-16-17-19-21-23-25-27-29-31-33-35-37-39-41-43-46-50-54-58-62-66-74(83)80-71(72(82)65-61-57-53-49-12-10-8-6-4-2)70-89-79-78(87)77(86)76(85)73(69-81)90-79/h14-17,61,65,71-73,76-79,81-82,85-87H,3-13,18-60,62-64,66-70H2,1-2H3,(H,80,83)/b15-14-,17-16-,65-61+. The molecule has 530 valence electrons. The maximum absolute atomic E-state index is 13.0. The largest absolute Gasteiger partial charge is 0.466 e. The number of esters is 1. The lowest BCUT2D eigenvalue weighted by Gasteiger charge is -2.40. The van der Waals surface area contributed by atoms with Gasteiger partial charge in [-0.2, -0.15) is 0 Å². The van der Waals surface area contributed by atoms with Gasteiger partial charge in [-0.3, -0.25) is 9.59 Å². The van der Waals surface area contributed by atoms with Crippen LogP contribution in [0.25, 0.3) is 0 Å². The molecule has 0 aromatic carbocycles. The molecule has 7 atom stereocenters. The molecule has 1 aliphatic rings. The number of amides is 1. The van der Waals surface area contributed by atoms with E-state index in [1.807, 2.05) is 6.08 Å². The molecular formula is C79H149NO10. The van der Waals surface area contributed by atoms with Gasteiger partial charge in [-0.15, -0.1) is 0 Å². The minimum atomic E-state index is -1.57. The van der Waals surface area contributed by atoms with Crippen molar-refractivity contribution in [3.8, 4) is 0 Å². The number of aliphatic hydroxyl groups is 5. The zero-order valence-corrected chi connectivity index (χ0v) is 59.1. The number of nitrogens with one attached hydrogen (secondary N) is 1. The summed E-state index contributed by atoms with van der Waals surface area (Å²) in [5.41, 5.74) is 0. The predicted molar refractivity (Wildman–Crippen MR) is 380 cm³/mol. The third-order valence-corrected chi connectivity index (χ3v) is 18.7. The number of hydrogen-bond acceptors (Lipinski definition) is 10. The van der Waals surface area contributed by atoms with Crippen LogP contribution < -0.4 is 5.32 Å². The normalized spacial score (nSPS) is 17.8. The smallest absolute Gasteiger partial charge is 0.305 e. The van der Waals surface area contributed by atoms with Crippen molar-refractivity contribution in [3.63, 3.8) is 0 Å². The van der Waals surface area contributed by atoms with Crippen LogP contribution in [0.4, 0.5) is 0 Å². The van der Waals surface area contributed by atoms with Gasteiger partial charge in [0.2, 0.25) is 5.91 Å². The molecule has 0 radical (unpaired) electrons. The van der Waals surface area contributed by atoms with Crippen LogP contribution in [0.15, 0.2) is 36.5 Å². The van der Waals surface area contributed by atoms with Crippen LogP contribution in [0.3, 0.4) is 0 Å². The molecule has 1 amide bonds. The van der Waals surface area contributed by atoms with Crippen molar-refractivity contribution in [3.05, 3.63) is 36.5 Å². The first-order valence-corrected chi connectivity index (χ1v) is 39.3. The van der Waals surface area contributed by atoms with E-state index in [0.29, 0.717) is 19.4 Å². The minimum absolute atomic E-state index is 0.00862. The number of unbranched alkanes of at least 4 members (excludes halogenated alkanes) is 52. The highest BCUT2D eigenvalue weighted by molar-refractivity contribution is 5.76. The molecule has 90 heavy (non-hydrogen) atoms. The van der Waals surface area contributed by atoms with Gasteiger partial charge >= 0.3 is 5.97 Å². The summed E-state index contributed by atoms with van der Waals surface area (Å²) in [7, 11) is 0. The van der Waals surface area contributed by atoms with Crippen molar-refractivity contribution in [2.45, 2.75) is 436 Å². The fourth-order valence-corrected chi connectivity index (χ4v) is 12.5. The van der Waals surface area contributed by atoms with Gasteiger partial charge in [0.15, 0.2) is 6.29 Å². The highest BCUT2D eigenvalue weighted by atomic mass is 16.7. The van der Waals surface area contributed by atoms with E-state index in [2.05, 4.69) is 43.5 Å². The van der Waals surface area contributed by atoms with E-state index < -0.39 is 49.5 Å². The summed E-state index contributed by atoms with van der Waals surface area (Å²) in [6, 6.07) is -0.805. The van der Waals surface area contributed by atoms with E-state index in [1.165, 1.54) is 308 Å². The lowest BCUT2D eigenvalue weighted by atomic mass is 9.99. The molecule has 6 N–H and O–H groups in total. The molecule has 11 heteroatoms. The SMILES string of the molecule is CCCCCCC/C=C\CCCCCCCC(=O)OCCCCCCCCCCCCCCCCCCCC/C=C\CCCCCCCCCCCCCCCCCCCC(=O)NC(COC1OC(CO)C(O)C(O)C1O)C(O)/C=C/CCCCCCCCC. The topological polar surface area (TPSA) is 175 Å². The molecule has 0 spiro atoms. The van der Waals surface area contributed by atoms with Gasteiger partial charge in [0, 0.05) is 12.8 Å². The molecule has 0 aromatic heterocycles. The second kappa shape index (κ2) is 68.3. The van der Waals surface area contributed by atoms with Crippen LogP contribution in [-0.2, 0) is 23.8 Å². The number of carbonyl (C=O) groups excluding carboxylic acids is 2. The average molecular weight is 1270 g/mol. The van der Waals surface area contributed by atoms with Gasteiger partial charge in [-0.1, -0.05) is 333 Å². The molecule has 11 nitrogen and oxygen atoms in total. The monoisotopic (exact) mass is 1270 g/mol. The van der Waals surface area contributed by atoms with Gasteiger partial charge in [0.25, 0.3) is 0 Å². The Labute approximate surface area is 555 Å². The van der Waals surface area contributed by atoms with Crippen LogP contribution in [0.1, 0.15) is 393 Å². The van der Waals surface area contributed by atoms with E-state index >= 15 is 0 Å². The van der Waals surface area contributed by atoms with Gasteiger partial charge in [0.1, 0.15) is 24.4 Å². The fourth-order valence-electron chi connectivity index (χ4n) is 12.5. The van der Waals surface area contributed by atoms with Crippen LogP contribution in [0.5, 0.6) is 0 Å². The van der Waals surface area contributed by atoms with Crippen molar-refractivity contribution in [1.82, 2.24) is 5.32 Å². The van der Waals surface area contributed by atoms with E-state index in [-0.39, 0.29) is 18.5 Å². The Morgan fingerprint density at radius 3 is 1.07 bits per heavy atom. The molecule has 0 bridgehead atoms. The predicted octanol–water partition coefficient (Wildman–Crippen LogP) is 20.9. The first kappa shape index (κ1) is 85.9. The van der Waals surface area contributed by atoms with Gasteiger partial charge in [0.05, 0.1) is 32.0 Å². The molecule has 1 saturated heterocycles. The summed E-state index contributed by atoms with van der Waals surface area (Å²) in [5, 5.41) is 54.3. The Bertz CT molecular complexity index is 1590. The Kier molecular flexibility index (Phi) is 65.2. The highest BCUT2D eigenvalue weighted by Crippen LogP contribution is 2.24. The van der Waals surface area contributed by atoms with E-state index in [1.54, 1.807) is 6.08 Å². The third kappa shape index (κ3) is 56.2. The first-order valence-electron chi connectivity index (χ1n) is 39.3. The van der Waals surface area contributed by atoms with E-state index in [9.17, 15) is 35.1 Å². The van der Waals surface area contributed by atoms with Crippen LogP contribution >= 0.6 is 0 Å². The number of ether oxygens (including phenoxy) is 3. The second-order valence-corrected chi connectivity index (χ2v) is 27.4. The number of rotatable bonds is 70. The molecular weight excluding hydrogens is 1120 g/mol. The summed E-state index contributed by atoms with van der Waals surface area (Å²) >= 11 is 0. The number of hydrogen-bond donors (Lipinski definition) is 6. The van der Waals surface area contributed by atoms with Crippen molar-refractivity contribution in [2.75, 3.05) is 19.8 Å². The van der Waals surface area contributed by atoms with Crippen molar-refractivity contribution in [1.29, 1.82) is 0 Å². The van der Waals surface area contributed by atoms with Crippen molar-refractivity contribution in [2.24, 2.45) is 0 Å². The zero-order chi connectivity index (χ0) is 65.1. The molecule has 1 heterocycles. The lowest BCUT2D eigenvalue weighted by Crippen LogP contribution is -2.60. The summed E-state index contributed by atoms with van der Waals surface area (Å²) < 4.78 is 16.7. The molecule has 1 rings (SSSR count). The maximum Gasteiger partial charge on any atom is 0.305 e. The Morgan fingerprint density at radius 1 is 0.400 bits per heavy atom. The Morgan fingerprint density at radius 2 is 0.711 bits per heavy atom. The molecule has 7 unspecified atom stereocenters. The third-order valence-electron chi connectivity index (χ3n) is 18.7. The summed E-state index contributed by atoms with van der Waals surface area (Å²) in [6.45, 7) is 4.35. The molecule has 0 aromatic rings. The van der Waals surface area contributed by atoms with E-state index in [4.69, 9.17) is 14.2 Å². The Balaban J connectivity index is 1.85. The number of allylic oxidation sites excluding steroid dienone is 5. The van der Waals surface area contributed by atoms with Gasteiger partial charge < -0.3 is 45.1 Å². The summed E-state index contributed by atoms with van der Waals surface area (Å²) in [4.78, 5) is 25.1. The number of aliphatic hydroxyl groups excluding tert-OH is 5. The first-order chi connectivity index (χ1) is 44.2. The quantitative estimate of drug-likeness (QED) is 0.0195. The Hall–Kier alpha value is -2.12. The van der Waals surface area contributed by atoms with Crippen LogP contribution in [0, 0.1) is 0 Å². The van der Waals surface area contributed by atoms with Gasteiger partial charge in [-0.25, -0.2) is 0 Å². The summed E-state index contributed by atoms with van der Waals surface area (Å²) in [6.07, 6.45) is 79.1. The molecule has 1 fully saturated rings. The molecule has 1 aliphatic heterocycles. The minimum Gasteiger partial charge on any atom is -0.466 e. The lowest BCUT2D eigenvalue weighted by molar-refractivity contribution is -0.302. The molecule has 0 aliphatic carbocycles. The van der Waals surface area contributed by atoms with Crippen LogP contribution in [0.2, 0.25) is 0 Å². The molecule has 0 saturated carbocycles. The fraction of sp³-hybridized carbons (Fsp3) is 0.899.